The molecule has 258 valence electrons. The van der Waals surface area contributed by atoms with Crippen molar-refractivity contribution in [3.05, 3.63) is 140 Å². The summed E-state index contributed by atoms with van der Waals surface area (Å²) < 4.78 is 14.9. The molecule has 0 saturated carbocycles. The van der Waals surface area contributed by atoms with Crippen LogP contribution in [-0.4, -0.2) is 44.0 Å². The molecule has 3 aromatic carbocycles. The molecule has 7 nitrogen and oxygen atoms in total. The van der Waals surface area contributed by atoms with Crippen molar-refractivity contribution in [3.63, 3.8) is 0 Å². The van der Waals surface area contributed by atoms with Crippen LogP contribution in [0.15, 0.2) is 114 Å². The van der Waals surface area contributed by atoms with E-state index in [0.29, 0.717) is 46.5 Å². The molecule has 0 unspecified atom stereocenters. The highest BCUT2D eigenvalue weighted by Crippen LogP contribution is 2.37. The molecule has 0 aliphatic carbocycles. The first-order valence-corrected chi connectivity index (χ1v) is 19.9. The minimum Gasteiger partial charge on any atom is -0.444 e. The van der Waals surface area contributed by atoms with Gasteiger partial charge in [-0.15, -0.1) is 11.3 Å². The summed E-state index contributed by atoms with van der Waals surface area (Å²) in [4.78, 5) is 41.4. The molecule has 1 aliphatic heterocycles. The van der Waals surface area contributed by atoms with Gasteiger partial charge in [0.2, 0.25) is 0 Å². The first kappa shape index (κ1) is 35.5. The topological polar surface area (TPSA) is 77.8 Å². The van der Waals surface area contributed by atoms with Gasteiger partial charge in [0.25, 0.3) is 13.9 Å². The summed E-state index contributed by atoms with van der Waals surface area (Å²) in [6.07, 6.45) is 2.08. The van der Waals surface area contributed by atoms with Gasteiger partial charge in [-0.1, -0.05) is 99.1 Å². The SMILES string of the molecule is Cc1cc(N2C[C@H](CCC(=O)c3ccc(Cl)s3)OC2=O)ccc1-n1cccc(CCO[Si](c2ccccc2)(c2ccccc2)C(C)(C)C)c1=O. The molecule has 1 amide bonds. The standard InChI is InChI=1S/C40H41ClN2O5SSi/c1-28-26-30(43-27-31(48-39(43)46)18-20-35(44)36-21-22-37(41)49-36)17-19-34(28)42-24-11-12-29(38(42)45)23-25-47-50(40(2,3)4,32-13-7-5-8-14-32)33-15-9-6-10-16-33/h5-17,19,21-22,24,26,31H,18,20,23,25,27H2,1-4H3/t31-/m0/s1. The average molecular weight is 725 g/mol. The van der Waals surface area contributed by atoms with Crippen LogP contribution in [0.5, 0.6) is 0 Å². The summed E-state index contributed by atoms with van der Waals surface area (Å²) in [5.74, 6) is -0.0150. The second kappa shape index (κ2) is 14.9. The normalized spacial score (nSPS) is 14.9. The fraction of sp³-hybridized carbons (Fsp3) is 0.275. The number of nitrogens with zero attached hydrogens (tertiary/aromatic N) is 2. The molecule has 1 fully saturated rings. The Morgan fingerprint density at radius 3 is 2.22 bits per heavy atom. The Balaban J connectivity index is 1.17. The number of pyridine rings is 1. The zero-order valence-electron chi connectivity index (χ0n) is 28.7. The highest BCUT2D eigenvalue weighted by molar-refractivity contribution is 7.18. The van der Waals surface area contributed by atoms with Gasteiger partial charge in [-0.3, -0.25) is 19.1 Å². The number of rotatable bonds is 12. The summed E-state index contributed by atoms with van der Waals surface area (Å²) in [6.45, 7) is 9.40. The van der Waals surface area contributed by atoms with Crippen molar-refractivity contribution in [2.45, 2.75) is 58.1 Å². The molecular formula is C40H41ClN2O5SSi. The number of ether oxygens (including phenoxy) is 1. The first-order valence-electron chi connectivity index (χ1n) is 16.8. The van der Waals surface area contributed by atoms with Crippen LogP contribution in [0.4, 0.5) is 10.5 Å². The van der Waals surface area contributed by atoms with Crippen LogP contribution in [0.25, 0.3) is 5.69 Å². The summed E-state index contributed by atoms with van der Waals surface area (Å²) >= 11 is 7.22. The van der Waals surface area contributed by atoms with Gasteiger partial charge in [0.15, 0.2) is 5.78 Å². The molecule has 1 aliphatic rings. The van der Waals surface area contributed by atoms with Crippen LogP contribution < -0.4 is 20.8 Å². The number of carbonyl (C=O) groups is 2. The van der Waals surface area contributed by atoms with Crippen LogP contribution in [0.1, 0.15) is 54.4 Å². The number of hydrogen-bond donors (Lipinski definition) is 0. The van der Waals surface area contributed by atoms with E-state index in [9.17, 15) is 14.4 Å². The van der Waals surface area contributed by atoms with Gasteiger partial charge in [-0.25, -0.2) is 4.79 Å². The zero-order valence-corrected chi connectivity index (χ0v) is 31.3. The molecule has 50 heavy (non-hydrogen) atoms. The molecule has 1 saturated heterocycles. The second-order valence-electron chi connectivity index (χ2n) is 13.6. The van der Waals surface area contributed by atoms with Gasteiger partial charge in [-0.05, 0) is 77.1 Å². The monoisotopic (exact) mass is 724 g/mol. The zero-order chi connectivity index (χ0) is 35.5. The van der Waals surface area contributed by atoms with Crippen molar-refractivity contribution >= 4 is 59.2 Å². The molecule has 2 aromatic heterocycles. The molecular weight excluding hydrogens is 684 g/mol. The van der Waals surface area contributed by atoms with E-state index in [1.54, 1.807) is 27.8 Å². The average Bonchev–Trinajstić information content (AvgIpc) is 3.71. The molecule has 0 bridgehead atoms. The number of benzene rings is 3. The van der Waals surface area contributed by atoms with E-state index in [0.717, 1.165) is 11.3 Å². The summed E-state index contributed by atoms with van der Waals surface area (Å²) in [7, 11) is -2.74. The molecule has 10 heteroatoms. The van der Waals surface area contributed by atoms with Crippen molar-refractivity contribution < 1.29 is 18.8 Å². The molecule has 0 N–H and O–H groups in total. The third-order valence-electron chi connectivity index (χ3n) is 9.30. The van der Waals surface area contributed by atoms with Crippen LogP contribution in [0.3, 0.4) is 0 Å². The lowest BCUT2D eigenvalue weighted by Crippen LogP contribution is -2.66. The van der Waals surface area contributed by atoms with Crippen molar-refractivity contribution in [3.8, 4) is 5.69 Å². The molecule has 0 spiro atoms. The van der Waals surface area contributed by atoms with Crippen molar-refractivity contribution in [2.75, 3.05) is 18.1 Å². The van der Waals surface area contributed by atoms with Gasteiger partial charge in [0.1, 0.15) is 6.10 Å². The lowest BCUT2D eigenvalue weighted by Gasteiger charge is -2.43. The maximum atomic E-state index is 13.9. The lowest BCUT2D eigenvalue weighted by atomic mass is 10.1. The number of amides is 1. The van der Waals surface area contributed by atoms with Crippen LogP contribution >= 0.6 is 22.9 Å². The molecule has 6 rings (SSSR count). The van der Waals surface area contributed by atoms with Crippen molar-refractivity contribution in [1.29, 1.82) is 0 Å². The predicted octanol–water partition coefficient (Wildman–Crippen LogP) is 7.97. The number of anilines is 1. The van der Waals surface area contributed by atoms with Gasteiger partial charge < -0.3 is 9.16 Å². The Hall–Kier alpha value is -4.28. The Morgan fingerprint density at radius 1 is 0.940 bits per heavy atom. The minimum absolute atomic E-state index is 0.0150. The van der Waals surface area contributed by atoms with Crippen LogP contribution in [0, 0.1) is 6.92 Å². The van der Waals surface area contributed by atoms with E-state index < -0.39 is 20.5 Å². The maximum absolute atomic E-state index is 13.9. The van der Waals surface area contributed by atoms with Gasteiger partial charge in [-0.2, -0.15) is 0 Å². The molecule has 0 radical (unpaired) electrons. The Bertz CT molecular complexity index is 2000. The Morgan fingerprint density at radius 2 is 1.62 bits per heavy atom. The van der Waals surface area contributed by atoms with Gasteiger partial charge in [0.05, 0.1) is 21.4 Å². The quantitative estimate of drug-likeness (QED) is 0.0964. The molecule has 3 heterocycles. The van der Waals surface area contributed by atoms with Crippen molar-refractivity contribution in [2.24, 2.45) is 0 Å². The number of aromatic nitrogens is 1. The van der Waals surface area contributed by atoms with E-state index in [1.807, 2.05) is 49.4 Å². The van der Waals surface area contributed by atoms with Gasteiger partial charge >= 0.3 is 6.09 Å². The largest absolute Gasteiger partial charge is 0.444 e. The van der Waals surface area contributed by atoms with E-state index in [2.05, 4.69) is 69.3 Å². The minimum atomic E-state index is -2.74. The highest BCUT2D eigenvalue weighted by atomic mass is 35.5. The number of aryl methyl sites for hydroxylation is 1. The van der Waals surface area contributed by atoms with E-state index in [1.165, 1.54) is 21.7 Å². The number of cyclic esters (lactones) is 1. The van der Waals surface area contributed by atoms with Crippen molar-refractivity contribution in [1.82, 2.24) is 4.57 Å². The summed E-state index contributed by atoms with van der Waals surface area (Å²) in [6, 6.07) is 33.7. The fourth-order valence-electron chi connectivity index (χ4n) is 6.83. The number of Topliss-reactive ketones (excluding diaryl/α,β-unsaturated/α-hetero) is 1. The van der Waals surface area contributed by atoms with E-state index >= 15 is 0 Å². The number of ketones is 1. The van der Waals surface area contributed by atoms with Gasteiger partial charge in [0, 0.05) is 30.5 Å². The maximum Gasteiger partial charge on any atom is 0.414 e. The smallest absolute Gasteiger partial charge is 0.414 e. The Kier molecular flexibility index (Phi) is 10.6. The second-order valence-corrected chi connectivity index (χ2v) is 19.6. The summed E-state index contributed by atoms with van der Waals surface area (Å²) in [5.41, 5.74) is 2.81. The number of carbonyl (C=O) groups excluding carboxylic acids is 2. The number of halogens is 1. The third kappa shape index (κ3) is 7.27. The predicted molar refractivity (Wildman–Crippen MR) is 205 cm³/mol. The molecule has 1 atom stereocenters. The van der Waals surface area contributed by atoms with Crippen LogP contribution in [0.2, 0.25) is 9.37 Å². The van der Waals surface area contributed by atoms with E-state index in [4.69, 9.17) is 20.8 Å². The lowest BCUT2D eigenvalue weighted by molar-refractivity contribution is 0.0943. The number of hydrogen-bond acceptors (Lipinski definition) is 6. The van der Waals surface area contributed by atoms with E-state index in [-0.39, 0.29) is 22.8 Å². The number of thiophene rings is 1. The fourth-order valence-corrected chi connectivity index (χ4v) is 12.4. The third-order valence-corrected chi connectivity index (χ3v) is 15.6. The molecule has 5 aromatic rings. The van der Waals surface area contributed by atoms with Crippen LogP contribution in [-0.2, 0) is 15.6 Å². The Labute approximate surface area is 303 Å². The highest BCUT2D eigenvalue weighted by Gasteiger charge is 2.50. The first-order chi connectivity index (χ1) is 24.0. The summed E-state index contributed by atoms with van der Waals surface area (Å²) in [5, 5.41) is 2.24.